The molecule has 1 fully saturated rings. The van der Waals surface area contributed by atoms with Crippen LogP contribution in [-0.2, 0) is 19.4 Å². The predicted molar refractivity (Wildman–Crippen MR) is 133 cm³/mol. The zero-order valence-electron chi connectivity index (χ0n) is 19.6. The molecule has 3 heterocycles. The van der Waals surface area contributed by atoms with Crippen molar-refractivity contribution in [3.8, 4) is 16.2 Å². The van der Waals surface area contributed by atoms with Gasteiger partial charge in [-0.2, -0.15) is 0 Å². The molecular formula is C24H26N4O6S2. The quantitative estimate of drug-likeness (QED) is 0.351. The van der Waals surface area contributed by atoms with Crippen LogP contribution < -0.4 is 10.2 Å². The van der Waals surface area contributed by atoms with E-state index in [0.29, 0.717) is 11.5 Å². The highest BCUT2D eigenvalue weighted by Gasteiger charge is 2.50. The first-order valence-electron chi connectivity index (χ1n) is 11.3. The van der Waals surface area contributed by atoms with Crippen molar-refractivity contribution in [2.75, 3.05) is 25.4 Å². The molecule has 0 spiro atoms. The van der Waals surface area contributed by atoms with E-state index in [1.165, 1.54) is 34.8 Å². The van der Waals surface area contributed by atoms with Gasteiger partial charge in [0, 0.05) is 35.2 Å². The molecule has 0 saturated carbocycles. The fourth-order valence-corrected chi connectivity index (χ4v) is 7.87. The van der Waals surface area contributed by atoms with Gasteiger partial charge in [0.1, 0.15) is 16.2 Å². The highest BCUT2D eigenvalue weighted by Crippen LogP contribution is 2.45. The van der Waals surface area contributed by atoms with Gasteiger partial charge >= 0.3 is 0 Å². The first-order chi connectivity index (χ1) is 17.3. The number of rotatable bonds is 7. The van der Waals surface area contributed by atoms with Crippen molar-refractivity contribution in [3.63, 3.8) is 0 Å². The maximum absolute atomic E-state index is 13.7. The smallest absolute Gasteiger partial charge is 0.274 e. The average Bonchev–Trinajstić information content (AvgIpc) is 3.34. The minimum absolute atomic E-state index is 0.0159. The molecule has 1 saturated heterocycles. The van der Waals surface area contributed by atoms with Gasteiger partial charge in [0.05, 0.1) is 25.0 Å². The number of nitrogens with one attached hydrogen (secondary N) is 1. The van der Waals surface area contributed by atoms with Crippen LogP contribution in [-0.4, -0.2) is 65.8 Å². The molecule has 36 heavy (non-hydrogen) atoms. The number of amides is 2. The highest BCUT2D eigenvalue weighted by atomic mass is 32.2. The van der Waals surface area contributed by atoms with Gasteiger partial charge in [-0.15, -0.1) is 11.3 Å². The van der Waals surface area contributed by atoms with E-state index in [4.69, 9.17) is 4.74 Å². The van der Waals surface area contributed by atoms with Crippen molar-refractivity contribution in [2.45, 2.75) is 24.5 Å². The molecular weight excluding hydrogens is 504 g/mol. The molecule has 0 aliphatic carbocycles. The number of benzene rings is 1. The first kappa shape index (κ1) is 25.7. The average molecular weight is 531 g/mol. The fourth-order valence-electron chi connectivity index (χ4n) is 4.26. The van der Waals surface area contributed by atoms with Gasteiger partial charge in [0.2, 0.25) is 5.91 Å². The minimum Gasteiger partial charge on any atom is -0.494 e. The molecule has 190 valence electrons. The van der Waals surface area contributed by atoms with Gasteiger partial charge in [-0.25, -0.2) is 18.9 Å². The maximum atomic E-state index is 13.7. The molecule has 1 aliphatic rings. The highest BCUT2D eigenvalue weighted by molar-refractivity contribution is 7.92. The lowest BCUT2D eigenvalue weighted by Gasteiger charge is -2.30. The molecule has 0 bridgehead atoms. The van der Waals surface area contributed by atoms with E-state index in [1.54, 1.807) is 11.5 Å². The molecule has 12 heteroatoms. The van der Waals surface area contributed by atoms with Crippen molar-refractivity contribution < 1.29 is 28.0 Å². The zero-order valence-corrected chi connectivity index (χ0v) is 21.2. The number of nitrogens with zero attached hydrogens (tertiary/aromatic N) is 3. The summed E-state index contributed by atoms with van der Waals surface area (Å²) in [5, 5.41) is 9.23. The third kappa shape index (κ3) is 5.11. The minimum atomic E-state index is -3.92. The Morgan fingerprint density at radius 3 is 2.61 bits per heavy atom. The Kier molecular flexibility index (Phi) is 7.67. The van der Waals surface area contributed by atoms with Crippen LogP contribution in [0.3, 0.4) is 0 Å². The molecule has 2 aromatic heterocycles. The van der Waals surface area contributed by atoms with Gasteiger partial charge in [-0.1, -0.05) is 0 Å². The number of hydrogen-bond acceptors (Lipinski definition) is 9. The number of sulfone groups is 1. The second-order valence-corrected chi connectivity index (χ2v) is 11.8. The monoisotopic (exact) mass is 530 g/mol. The summed E-state index contributed by atoms with van der Waals surface area (Å²) < 4.78 is 31.3. The Morgan fingerprint density at radius 2 is 1.94 bits per heavy atom. The molecule has 1 unspecified atom stereocenters. The molecule has 2 N–H and O–H groups in total. The third-order valence-corrected chi connectivity index (χ3v) is 10.1. The summed E-state index contributed by atoms with van der Waals surface area (Å²) in [5.74, 6) is -0.854. The molecule has 4 rings (SSSR count). The van der Waals surface area contributed by atoms with Crippen LogP contribution in [0, 0.1) is 0 Å². The van der Waals surface area contributed by atoms with Gasteiger partial charge in [0.25, 0.3) is 5.91 Å². The standard InChI is InChI=1S/C24H26N4O6S2/c1-2-34-18-5-3-17(4-6-18)20-7-8-21(35-20)24(15-22(29)27-31)9-12-28(13-14-36(24,32)33)23(30)19-16-25-10-11-26-19/h3-8,10-11,16,31H,2,9,12-15H2,1H3,(H,27,29). The summed E-state index contributed by atoms with van der Waals surface area (Å²) in [7, 11) is -3.92. The number of aromatic nitrogens is 2. The second-order valence-electron chi connectivity index (χ2n) is 8.28. The summed E-state index contributed by atoms with van der Waals surface area (Å²) in [6.07, 6.45) is 3.68. The Labute approximate surface area is 212 Å². The summed E-state index contributed by atoms with van der Waals surface area (Å²) in [5.41, 5.74) is 2.56. The molecule has 1 aliphatic heterocycles. The lowest BCUT2D eigenvalue weighted by Crippen LogP contribution is -2.41. The number of hydroxylamine groups is 1. The van der Waals surface area contributed by atoms with E-state index in [2.05, 4.69) is 9.97 Å². The SMILES string of the molecule is CCOc1ccc(-c2ccc(C3(CC(=O)NO)CCN(C(=O)c4cnccn4)CCS3(=O)=O)s2)cc1. The molecule has 1 aromatic carbocycles. The number of carbonyl (C=O) groups is 2. The van der Waals surface area contributed by atoms with Crippen LogP contribution in [0.2, 0.25) is 0 Å². The Hall–Kier alpha value is -3.35. The Balaban J connectivity index is 1.69. The topological polar surface area (TPSA) is 139 Å². The fraction of sp³-hybridized carbons (Fsp3) is 0.333. The maximum Gasteiger partial charge on any atom is 0.274 e. The molecule has 2 amide bonds. The van der Waals surface area contributed by atoms with Crippen molar-refractivity contribution in [1.82, 2.24) is 20.3 Å². The van der Waals surface area contributed by atoms with Gasteiger partial charge < -0.3 is 9.64 Å². The van der Waals surface area contributed by atoms with Crippen molar-refractivity contribution >= 4 is 33.0 Å². The summed E-state index contributed by atoms with van der Waals surface area (Å²) in [4.78, 5) is 35.9. The van der Waals surface area contributed by atoms with Crippen molar-refractivity contribution in [3.05, 3.63) is 65.6 Å². The summed E-state index contributed by atoms with van der Waals surface area (Å²) in [6, 6.07) is 11.0. The van der Waals surface area contributed by atoms with Crippen LogP contribution >= 0.6 is 11.3 Å². The Morgan fingerprint density at radius 1 is 1.17 bits per heavy atom. The largest absolute Gasteiger partial charge is 0.494 e. The summed E-state index contributed by atoms with van der Waals surface area (Å²) >= 11 is 1.27. The molecule has 0 radical (unpaired) electrons. The van der Waals surface area contributed by atoms with E-state index < -0.39 is 32.8 Å². The van der Waals surface area contributed by atoms with Crippen LogP contribution in [0.4, 0.5) is 0 Å². The Bertz CT molecular complexity index is 1330. The van der Waals surface area contributed by atoms with E-state index in [9.17, 15) is 23.2 Å². The van der Waals surface area contributed by atoms with Gasteiger partial charge in [-0.3, -0.25) is 19.8 Å². The molecule has 3 aromatic rings. The number of hydrogen-bond donors (Lipinski definition) is 2. The third-order valence-electron chi connectivity index (χ3n) is 6.16. The number of thiophene rings is 1. The van der Waals surface area contributed by atoms with Crippen molar-refractivity contribution in [1.29, 1.82) is 0 Å². The lowest BCUT2D eigenvalue weighted by molar-refractivity contribution is -0.129. The van der Waals surface area contributed by atoms with E-state index in [1.807, 2.05) is 37.3 Å². The van der Waals surface area contributed by atoms with Crippen LogP contribution in [0.5, 0.6) is 5.75 Å². The normalized spacial score (nSPS) is 19.3. The lowest BCUT2D eigenvalue weighted by atomic mass is 9.97. The zero-order chi connectivity index (χ0) is 25.8. The second kappa shape index (κ2) is 10.7. The number of ether oxygens (including phenoxy) is 1. The number of carbonyl (C=O) groups excluding carboxylic acids is 2. The first-order valence-corrected chi connectivity index (χ1v) is 13.8. The van der Waals surface area contributed by atoms with Gasteiger partial charge in [-0.05, 0) is 55.3 Å². The van der Waals surface area contributed by atoms with E-state index in [-0.39, 0.29) is 31.0 Å². The predicted octanol–water partition coefficient (Wildman–Crippen LogP) is 2.66. The molecule has 1 atom stereocenters. The van der Waals surface area contributed by atoms with E-state index in [0.717, 1.165) is 16.2 Å². The summed E-state index contributed by atoms with van der Waals surface area (Å²) in [6.45, 7) is 2.49. The van der Waals surface area contributed by atoms with Gasteiger partial charge in [0.15, 0.2) is 9.84 Å². The van der Waals surface area contributed by atoms with Crippen LogP contribution in [0.1, 0.15) is 35.1 Å². The van der Waals surface area contributed by atoms with Crippen LogP contribution in [0.25, 0.3) is 10.4 Å². The molecule has 10 nitrogen and oxygen atoms in total. The van der Waals surface area contributed by atoms with Crippen LogP contribution in [0.15, 0.2) is 55.0 Å². The van der Waals surface area contributed by atoms with Crippen molar-refractivity contribution in [2.24, 2.45) is 0 Å². The van der Waals surface area contributed by atoms with E-state index >= 15 is 0 Å².